The molecule has 7 heteroatoms. The van der Waals surface area contributed by atoms with Gasteiger partial charge in [0, 0.05) is 16.8 Å². The largest absolute Gasteiger partial charge is 0.416 e. The second-order valence-corrected chi connectivity index (χ2v) is 6.19. The third-order valence-electron chi connectivity index (χ3n) is 3.80. The van der Waals surface area contributed by atoms with Gasteiger partial charge in [-0.2, -0.15) is 13.2 Å². The minimum atomic E-state index is -4.36. The molecule has 1 atom stereocenters. The highest BCUT2D eigenvalue weighted by molar-refractivity contribution is 5.97. The number of anilines is 1. The summed E-state index contributed by atoms with van der Waals surface area (Å²) in [6.45, 7) is 2.01. The Morgan fingerprint density at radius 3 is 2.31 bits per heavy atom. The zero-order chi connectivity index (χ0) is 19.3. The van der Waals surface area contributed by atoms with E-state index in [0.717, 1.165) is 17.0 Å². The molecule has 2 aromatic rings. The average molecular weight is 365 g/mol. The number of carbonyl (C=O) groups is 2. The molecule has 1 amide bonds. The lowest BCUT2D eigenvalue weighted by molar-refractivity contribution is -0.885. The number of benzene rings is 2. The van der Waals surface area contributed by atoms with Crippen molar-refractivity contribution in [2.45, 2.75) is 19.6 Å². The van der Waals surface area contributed by atoms with Crippen LogP contribution in [0.1, 0.15) is 28.4 Å². The first-order valence-corrected chi connectivity index (χ1v) is 8.03. The summed E-state index contributed by atoms with van der Waals surface area (Å²) in [6.07, 6.45) is -4.36. The number of alkyl halides is 3. The minimum Gasteiger partial charge on any atom is -0.326 e. The summed E-state index contributed by atoms with van der Waals surface area (Å²) < 4.78 is 37.7. The number of amides is 1. The molecule has 0 saturated heterocycles. The zero-order valence-electron chi connectivity index (χ0n) is 14.5. The van der Waals surface area contributed by atoms with Gasteiger partial charge in [0.15, 0.2) is 12.3 Å². The van der Waals surface area contributed by atoms with Crippen LogP contribution < -0.4 is 10.2 Å². The van der Waals surface area contributed by atoms with Gasteiger partial charge in [-0.25, -0.2) is 0 Å². The van der Waals surface area contributed by atoms with E-state index in [9.17, 15) is 22.8 Å². The van der Waals surface area contributed by atoms with E-state index in [2.05, 4.69) is 5.32 Å². The maximum atomic E-state index is 12.6. The Labute approximate surface area is 149 Å². The van der Waals surface area contributed by atoms with E-state index in [4.69, 9.17) is 0 Å². The van der Waals surface area contributed by atoms with Crippen molar-refractivity contribution in [3.05, 3.63) is 65.2 Å². The smallest absolute Gasteiger partial charge is 0.326 e. The summed E-state index contributed by atoms with van der Waals surface area (Å²) in [6, 6.07) is 11.6. The fourth-order valence-electron chi connectivity index (χ4n) is 2.52. The molecule has 0 heterocycles. The molecule has 0 fully saturated rings. The van der Waals surface area contributed by atoms with Gasteiger partial charge in [0.05, 0.1) is 12.6 Å². The van der Waals surface area contributed by atoms with Crippen LogP contribution in [0.2, 0.25) is 0 Å². The van der Waals surface area contributed by atoms with E-state index < -0.39 is 11.7 Å². The average Bonchev–Trinajstić information content (AvgIpc) is 2.54. The fourth-order valence-corrected chi connectivity index (χ4v) is 2.52. The lowest BCUT2D eigenvalue weighted by atomic mass is 10.1. The van der Waals surface area contributed by atoms with Crippen molar-refractivity contribution in [2.24, 2.45) is 0 Å². The molecule has 0 radical (unpaired) electrons. The monoisotopic (exact) mass is 365 g/mol. The van der Waals surface area contributed by atoms with Crippen LogP contribution in [-0.4, -0.2) is 25.3 Å². The Kier molecular flexibility index (Phi) is 6.15. The van der Waals surface area contributed by atoms with Gasteiger partial charge in [0.25, 0.3) is 5.91 Å². The number of likely N-dealkylation sites (N-methyl/N-ethyl adjacent to an activating group) is 1. The van der Waals surface area contributed by atoms with Gasteiger partial charge in [0.2, 0.25) is 0 Å². The summed E-state index contributed by atoms with van der Waals surface area (Å²) in [4.78, 5) is 24.3. The van der Waals surface area contributed by atoms with Crippen LogP contribution in [0.15, 0.2) is 48.5 Å². The summed E-state index contributed by atoms with van der Waals surface area (Å²) >= 11 is 0. The van der Waals surface area contributed by atoms with Gasteiger partial charge in [-0.1, -0.05) is 24.3 Å². The van der Waals surface area contributed by atoms with Crippen molar-refractivity contribution in [1.82, 2.24) is 0 Å². The minimum absolute atomic E-state index is 0.0915. The number of hydrogen-bond donors (Lipinski definition) is 2. The van der Waals surface area contributed by atoms with E-state index in [1.54, 1.807) is 31.3 Å². The molecule has 0 bridgehead atoms. The van der Waals surface area contributed by atoms with Crippen molar-refractivity contribution >= 4 is 17.4 Å². The third kappa shape index (κ3) is 5.70. The molecule has 0 spiro atoms. The molecule has 2 rings (SSSR count). The summed E-state index contributed by atoms with van der Waals surface area (Å²) in [5, 5.41) is 2.72. The number of hydrogen-bond acceptors (Lipinski definition) is 2. The van der Waals surface area contributed by atoms with Gasteiger partial charge in [-0.05, 0) is 31.2 Å². The molecule has 0 aliphatic rings. The van der Waals surface area contributed by atoms with Crippen LogP contribution in [-0.2, 0) is 17.5 Å². The van der Waals surface area contributed by atoms with Gasteiger partial charge in [-0.15, -0.1) is 0 Å². The second-order valence-electron chi connectivity index (χ2n) is 6.19. The maximum absolute atomic E-state index is 12.6. The van der Waals surface area contributed by atoms with Crippen molar-refractivity contribution in [3.63, 3.8) is 0 Å². The third-order valence-corrected chi connectivity index (χ3v) is 3.80. The predicted molar refractivity (Wildman–Crippen MR) is 92.0 cm³/mol. The number of halogens is 3. The van der Waals surface area contributed by atoms with Gasteiger partial charge in [0.1, 0.15) is 6.54 Å². The molecule has 26 heavy (non-hydrogen) atoms. The van der Waals surface area contributed by atoms with Crippen molar-refractivity contribution in [3.8, 4) is 0 Å². The second kappa shape index (κ2) is 8.14. The highest BCUT2D eigenvalue weighted by Gasteiger charge is 2.30. The molecule has 1 unspecified atom stereocenters. The first-order chi connectivity index (χ1) is 12.1. The van der Waals surface area contributed by atoms with Gasteiger partial charge >= 0.3 is 6.18 Å². The van der Waals surface area contributed by atoms with Crippen LogP contribution >= 0.6 is 0 Å². The Bertz CT molecular complexity index is 786. The summed E-state index contributed by atoms with van der Waals surface area (Å²) in [5.74, 6) is -0.332. The lowest BCUT2D eigenvalue weighted by Crippen LogP contribution is -3.08. The van der Waals surface area contributed by atoms with Crippen LogP contribution in [0.4, 0.5) is 18.9 Å². The van der Waals surface area contributed by atoms with E-state index in [1.165, 1.54) is 19.1 Å². The van der Waals surface area contributed by atoms with Gasteiger partial charge < -0.3 is 10.2 Å². The lowest BCUT2D eigenvalue weighted by Gasteiger charge is -2.15. The van der Waals surface area contributed by atoms with Gasteiger partial charge in [-0.3, -0.25) is 9.59 Å². The number of quaternary nitrogens is 1. The topological polar surface area (TPSA) is 50.6 Å². The van der Waals surface area contributed by atoms with E-state index in [0.29, 0.717) is 23.4 Å². The number of rotatable bonds is 6. The molecular weight excluding hydrogens is 345 g/mol. The van der Waals surface area contributed by atoms with Crippen LogP contribution in [0.25, 0.3) is 0 Å². The SMILES string of the molecule is CC(=O)c1cccc(NC(=O)C[NH+](C)Cc2ccc(C(F)(F)F)cc2)c1. The Hall–Kier alpha value is -2.67. The zero-order valence-corrected chi connectivity index (χ0v) is 14.5. The molecule has 0 saturated carbocycles. The number of ketones is 1. The molecule has 4 nitrogen and oxygen atoms in total. The normalized spacial score (nSPS) is 12.5. The molecule has 2 aromatic carbocycles. The van der Waals surface area contributed by atoms with E-state index >= 15 is 0 Å². The predicted octanol–water partition coefficient (Wildman–Crippen LogP) is 2.56. The van der Waals surface area contributed by atoms with Crippen LogP contribution in [0.5, 0.6) is 0 Å². The molecule has 0 aromatic heterocycles. The number of carbonyl (C=O) groups excluding carboxylic acids is 2. The summed E-state index contributed by atoms with van der Waals surface area (Å²) in [7, 11) is 1.78. The molecule has 2 N–H and O–H groups in total. The van der Waals surface area contributed by atoms with E-state index in [-0.39, 0.29) is 18.2 Å². The van der Waals surface area contributed by atoms with Crippen molar-refractivity contribution in [2.75, 3.05) is 18.9 Å². The quantitative estimate of drug-likeness (QED) is 0.773. The highest BCUT2D eigenvalue weighted by atomic mass is 19.4. The highest BCUT2D eigenvalue weighted by Crippen LogP contribution is 2.28. The first-order valence-electron chi connectivity index (χ1n) is 8.03. The van der Waals surface area contributed by atoms with Crippen molar-refractivity contribution < 1.29 is 27.7 Å². The molecule has 0 aliphatic heterocycles. The standard InChI is InChI=1S/C19H19F3N2O2/c1-13(25)15-4-3-5-17(10-15)23-18(26)12-24(2)11-14-6-8-16(9-7-14)19(20,21)22/h3-10H,11-12H2,1-2H3,(H,23,26)/p+1. The van der Waals surface area contributed by atoms with Crippen molar-refractivity contribution in [1.29, 1.82) is 0 Å². The summed E-state index contributed by atoms with van der Waals surface area (Å²) in [5.41, 5.74) is 1.06. The molecule has 0 aliphatic carbocycles. The molecule has 138 valence electrons. The molecular formula is C19H20F3N2O2+. The van der Waals surface area contributed by atoms with Crippen LogP contribution in [0, 0.1) is 0 Å². The maximum Gasteiger partial charge on any atom is 0.416 e. The fraction of sp³-hybridized carbons (Fsp3) is 0.263. The van der Waals surface area contributed by atoms with E-state index in [1.807, 2.05) is 0 Å². The Balaban J connectivity index is 1.91. The Morgan fingerprint density at radius 2 is 1.73 bits per heavy atom. The number of Topliss-reactive ketones (excluding diaryl/α,β-unsaturated/α-hetero) is 1. The van der Waals surface area contributed by atoms with Crippen LogP contribution in [0.3, 0.4) is 0 Å². The Morgan fingerprint density at radius 1 is 1.08 bits per heavy atom. The number of nitrogens with one attached hydrogen (secondary N) is 2. The first kappa shape index (κ1) is 19.7.